The van der Waals surface area contributed by atoms with Gasteiger partial charge in [0.2, 0.25) is 5.91 Å². The molecule has 1 aliphatic heterocycles. The molecule has 1 heterocycles. The lowest BCUT2D eigenvalue weighted by molar-refractivity contribution is -0.136. The van der Waals surface area contributed by atoms with E-state index in [0.717, 1.165) is 18.7 Å². The van der Waals surface area contributed by atoms with Gasteiger partial charge in [-0.1, -0.05) is 19.2 Å². The van der Waals surface area contributed by atoms with Gasteiger partial charge in [-0.25, -0.2) is 0 Å². The van der Waals surface area contributed by atoms with Gasteiger partial charge in [0.25, 0.3) is 0 Å². The van der Waals surface area contributed by atoms with E-state index in [1.165, 1.54) is 0 Å². The molecular formula is C11H18N2O. The van der Waals surface area contributed by atoms with Crippen molar-refractivity contribution < 1.29 is 4.79 Å². The lowest BCUT2D eigenvalue weighted by atomic mass is 10.1. The van der Waals surface area contributed by atoms with Crippen molar-refractivity contribution in [3.8, 4) is 0 Å². The summed E-state index contributed by atoms with van der Waals surface area (Å²) in [4.78, 5) is 15.6. The second-order valence-corrected chi connectivity index (χ2v) is 3.78. The van der Waals surface area contributed by atoms with Gasteiger partial charge in [-0.2, -0.15) is 0 Å². The molecule has 3 nitrogen and oxygen atoms in total. The van der Waals surface area contributed by atoms with Crippen LogP contribution in [0.15, 0.2) is 24.8 Å². The number of amides is 1. The van der Waals surface area contributed by atoms with Crippen molar-refractivity contribution in [3.63, 3.8) is 0 Å². The topological polar surface area (TPSA) is 23.6 Å². The minimum Gasteiger partial charge on any atom is -0.334 e. The highest BCUT2D eigenvalue weighted by atomic mass is 16.2. The standard InChI is InChI=1S/C11H18N2O/c1-5-9(2)10(3)13-7-6-12(4)8-11(13)14/h5,10H,1-2,6-8H2,3-4H3. The molecule has 0 radical (unpaired) electrons. The fourth-order valence-corrected chi connectivity index (χ4v) is 1.58. The Bertz CT molecular complexity index is 260. The van der Waals surface area contributed by atoms with Crippen LogP contribution < -0.4 is 0 Å². The molecule has 0 saturated carbocycles. The number of hydrogen-bond donors (Lipinski definition) is 0. The van der Waals surface area contributed by atoms with Gasteiger partial charge >= 0.3 is 0 Å². The second kappa shape index (κ2) is 4.42. The van der Waals surface area contributed by atoms with Crippen molar-refractivity contribution in [2.45, 2.75) is 13.0 Å². The summed E-state index contributed by atoms with van der Waals surface area (Å²) in [5.41, 5.74) is 0.905. The molecule has 1 aliphatic rings. The summed E-state index contributed by atoms with van der Waals surface area (Å²) in [5, 5.41) is 0. The summed E-state index contributed by atoms with van der Waals surface area (Å²) < 4.78 is 0. The number of nitrogens with zero attached hydrogens (tertiary/aromatic N) is 2. The van der Waals surface area contributed by atoms with Crippen LogP contribution in [-0.4, -0.2) is 48.4 Å². The molecule has 0 N–H and O–H groups in total. The summed E-state index contributed by atoms with van der Waals surface area (Å²) in [6.45, 7) is 11.8. The van der Waals surface area contributed by atoms with Gasteiger partial charge in [-0.15, -0.1) is 0 Å². The average molecular weight is 194 g/mol. The van der Waals surface area contributed by atoms with Gasteiger partial charge in [0, 0.05) is 13.1 Å². The number of rotatable bonds is 3. The third-order valence-electron chi connectivity index (χ3n) is 2.71. The molecule has 0 aromatic rings. The zero-order chi connectivity index (χ0) is 10.7. The van der Waals surface area contributed by atoms with E-state index in [1.807, 2.05) is 23.8 Å². The molecule has 0 aromatic heterocycles. The van der Waals surface area contributed by atoms with E-state index >= 15 is 0 Å². The van der Waals surface area contributed by atoms with Crippen LogP contribution in [0.25, 0.3) is 0 Å². The maximum atomic E-state index is 11.7. The Balaban J connectivity index is 2.64. The van der Waals surface area contributed by atoms with Crippen LogP contribution in [-0.2, 0) is 4.79 Å². The van der Waals surface area contributed by atoms with Crippen molar-refractivity contribution in [3.05, 3.63) is 24.8 Å². The van der Waals surface area contributed by atoms with Gasteiger partial charge in [0.05, 0.1) is 12.6 Å². The van der Waals surface area contributed by atoms with Gasteiger partial charge in [0.1, 0.15) is 0 Å². The molecule has 78 valence electrons. The smallest absolute Gasteiger partial charge is 0.237 e. The van der Waals surface area contributed by atoms with Crippen LogP contribution >= 0.6 is 0 Å². The first-order valence-corrected chi connectivity index (χ1v) is 4.85. The number of carbonyl (C=O) groups is 1. The molecule has 1 unspecified atom stereocenters. The molecule has 3 heteroatoms. The van der Waals surface area contributed by atoms with E-state index < -0.39 is 0 Å². The van der Waals surface area contributed by atoms with Gasteiger partial charge in [0.15, 0.2) is 0 Å². The molecule has 1 fully saturated rings. The molecule has 1 amide bonds. The summed E-state index contributed by atoms with van der Waals surface area (Å²) >= 11 is 0. The SMILES string of the molecule is C=CC(=C)C(C)N1CCN(C)CC1=O. The zero-order valence-corrected chi connectivity index (χ0v) is 8.99. The first-order valence-electron chi connectivity index (χ1n) is 4.85. The molecule has 0 spiro atoms. The maximum absolute atomic E-state index is 11.7. The normalized spacial score (nSPS) is 20.7. The largest absolute Gasteiger partial charge is 0.334 e. The minimum absolute atomic E-state index is 0.0775. The third-order valence-corrected chi connectivity index (χ3v) is 2.71. The number of likely N-dealkylation sites (N-methyl/N-ethyl adjacent to an activating group) is 1. The van der Waals surface area contributed by atoms with Crippen molar-refractivity contribution >= 4 is 5.91 Å². The molecular weight excluding hydrogens is 176 g/mol. The van der Waals surface area contributed by atoms with E-state index in [0.29, 0.717) is 6.54 Å². The Kier molecular flexibility index (Phi) is 3.47. The van der Waals surface area contributed by atoms with Crippen LogP contribution in [0.2, 0.25) is 0 Å². The first-order chi connectivity index (χ1) is 6.56. The van der Waals surface area contributed by atoms with Crippen LogP contribution in [0.4, 0.5) is 0 Å². The fraction of sp³-hybridized carbons (Fsp3) is 0.545. The van der Waals surface area contributed by atoms with E-state index in [2.05, 4.69) is 13.2 Å². The highest BCUT2D eigenvalue weighted by Gasteiger charge is 2.25. The van der Waals surface area contributed by atoms with E-state index in [4.69, 9.17) is 0 Å². The van der Waals surface area contributed by atoms with E-state index in [9.17, 15) is 4.79 Å². The number of piperazine rings is 1. The zero-order valence-electron chi connectivity index (χ0n) is 8.99. The summed E-state index contributed by atoms with van der Waals surface area (Å²) in [7, 11) is 1.96. The van der Waals surface area contributed by atoms with Crippen molar-refractivity contribution in [2.75, 3.05) is 26.7 Å². The Labute approximate surface area is 85.7 Å². The summed E-state index contributed by atoms with van der Waals surface area (Å²) in [5.74, 6) is 0.175. The molecule has 1 saturated heterocycles. The highest BCUT2D eigenvalue weighted by molar-refractivity contribution is 5.79. The Hall–Kier alpha value is -1.09. The van der Waals surface area contributed by atoms with Gasteiger partial charge < -0.3 is 4.90 Å². The van der Waals surface area contributed by atoms with Crippen molar-refractivity contribution in [1.29, 1.82) is 0 Å². The second-order valence-electron chi connectivity index (χ2n) is 3.78. The molecule has 0 bridgehead atoms. The van der Waals surface area contributed by atoms with Crippen LogP contribution in [0.3, 0.4) is 0 Å². The lowest BCUT2D eigenvalue weighted by Gasteiger charge is -2.36. The number of hydrogen-bond acceptors (Lipinski definition) is 2. The van der Waals surface area contributed by atoms with Crippen LogP contribution in [0.1, 0.15) is 6.92 Å². The molecule has 1 rings (SSSR count). The quantitative estimate of drug-likeness (QED) is 0.623. The summed E-state index contributed by atoms with van der Waals surface area (Å²) in [6, 6.07) is 0.0775. The Morgan fingerprint density at radius 2 is 2.21 bits per heavy atom. The maximum Gasteiger partial charge on any atom is 0.237 e. The average Bonchev–Trinajstić information content (AvgIpc) is 2.15. The van der Waals surface area contributed by atoms with Crippen LogP contribution in [0.5, 0.6) is 0 Å². The Morgan fingerprint density at radius 1 is 1.57 bits per heavy atom. The molecule has 0 aromatic carbocycles. The highest BCUT2D eigenvalue weighted by Crippen LogP contribution is 2.12. The first kappa shape index (κ1) is 11.0. The Morgan fingerprint density at radius 3 is 2.71 bits per heavy atom. The van der Waals surface area contributed by atoms with Gasteiger partial charge in [-0.3, -0.25) is 9.69 Å². The van der Waals surface area contributed by atoms with E-state index in [1.54, 1.807) is 6.08 Å². The van der Waals surface area contributed by atoms with Gasteiger partial charge in [-0.05, 0) is 19.5 Å². The lowest BCUT2D eigenvalue weighted by Crippen LogP contribution is -2.52. The monoisotopic (exact) mass is 194 g/mol. The summed E-state index contributed by atoms with van der Waals surface area (Å²) in [6.07, 6.45) is 1.72. The third kappa shape index (κ3) is 2.23. The molecule has 1 atom stereocenters. The predicted octanol–water partition coefficient (Wildman–Crippen LogP) is 0.891. The van der Waals surface area contributed by atoms with E-state index in [-0.39, 0.29) is 11.9 Å². The minimum atomic E-state index is 0.0775. The van der Waals surface area contributed by atoms with Crippen molar-refractivity contribution in [1.82, 2.24) is 9.80 Å². The van der Waals surface area contributed by atoms with Crippen molar-refractivity contribution in [2.24, 2.45) is 0 Å². The fourth-order valence-electron chi connectivity index (χ4n) is 1.58. The molecule has 0 aliphatic carbocycles. The van der Waals surface area contributed by atoms with Crippen LogP contribution in [0, 0.1) is 0 Å². The predicted molar refractivity (Wildman–Crippen MR) is 58.0 cm³/mol. The number of carbonyl (C=O) groups excluding carboxylic acids is 1. The molecule has 14 heavy (non-hydrogen) atoms.